The number of halogens is 3. The van der Waals surface area contributed by atoms with Crippen molar-refractivity contribution in [2.24, 2.45) is 5.73 Å². The first-order chi connectivity index (χ1) is 14.6. The minimum Gasteiger partial charge on any atom is -0.477 e. The summed E-state index contributed by atoms with van der Waals surface area (Å²) < 4.78 is 43.4. The number of hydrogen-bond acceptors (Lipinski definition) is 6. The van der Waals surface area contributed by atoms with Crippen molar-refractivity contribution in [2.45, 2.75) is 26.1 Å². The van der Waals surface area contributed by atoms with Gasteiger partial charge in [0.15, 0.2) is 0 Å². The Balaban J connectivity index is 1.73. The van der Waals surface area contributed by atoms with Gasteiger partial charge in [0.25, 0.3) is 5.91 Å². The number of alkyl halides is 3. The minimum atomic E-state index is -4.29. The zero-order chi connectivity index (χ0) is 22.6. The summed E-state index contributed by atoms with van der Waals surface area (Å²) in [4.78, 5) is 31.2. The third-order valence-electron chi connectivity index (χ3n) is 4.18. The van der Waals surface area contributed by atoms with E-state index in [1.165, 1.54) is 12.4 Å². The molecule has 0 aliphatic rings. The molecule has 0 saturated heterocycles. The van der Waals surface area contributed by atoms with Gasteiger partial charge in [0.2, 0.25) is 11.8 Å². The number of carbonyl (C=O) groups is 2. The van der Waals surface area contributed by atoms with E-state index in [1.54, 1.807) is 29.9 Å². The summed E-state index contributed by atoms with van der Waals surface area (Å²) in [6.45, 7) is 1.17. The lowest BCUT2D eigenvalue weighted by Gasteiger charge is -2.11. The number of aryl methyl sites for hydroxylation is 1. The predicted molar refractivity (Wildman–Crippen MR) is 103 cm³/mol. The lowest BCUT2D eigenvalue weighted by Crippen LogP contribution is -2.33. The number of pyridine rings is 2. The molecular formula is C19H19F3N6O3. The van der Waals surface area contributed by atoms with Crippen LogP contribution in [0, 0.1) is 6.92 Å². The Labute approximate surface area is 174 Å². The van der Waals surface area contributed by atoms with Gasteiger partial charge >= 0.3 is 6.18 Å². The van der Waals surface area contributed by atoms with Gasteiger partial charge in [0.05, 0.1) is 37.0 Å². The van der Waals surface area contributed by atoms with Gasteiger partial charge in [-0.2, -0.15) is 18.3 Å². The highest BCUT2D eigenvalue weighted by molar-refractivity contribution is 6.05. The summed E-state index contributed by atoms with van der Waals surface area (Å²) in [5.74, 6) is -1.09. The Morgan fingerprint density at radius 2 is 2.06 bits per heavy atom. The number of amides is 2. The summed E-state index contributed by atoms with van der Waals surface area (Å²) in [6.07, 6.45) is -0.803. The van der Waals surface area contributed by atoms with E-state index in [0.717, 1.165) is 5.56 Å². The van der Waals surface area contributed by atoms with Gasteiger partial charge in [-0.1, -0.05) is 0 Å². The van der Waals surface area contributed by atoms with Crippen molar-refractivity contribution in [3.8, 4) is 5.88 Å². The number of primary amides is 1. The summed E-state index contributed by atoms with van der Waals surface area (Å²) in [5, 5.41) is 7.27. The van der Waals surface area contributed by atoms with Crippen LogP contribution in [0.2, 0.25) is 0 Å². The highest BCUT2D eigenvalue weighted by atomic mass is 19.4. The zero-order valence-electron chi connectivity index (χ0n) is 16.4. The normalized spacial score (nSPS) is 11.5. The molecule has 31 heavy (non-hydrogen) atoms. The van der Waals surface area contributed by atoms with Crippen LogP contribution in [0.4, 0.5) is 13.2 Å². The van der Waals surface area contributed by atoms with E-state index >= 15 is 0 Å². The molecule has 9 nitrogen and oxygen atoms in total. The van der Waals surface area contributed by atoms with Gasteiger partial charge in [-0.05, 0) is 24.6 Å². The highest BCUT2D eigenvalue weighted by Gasteiger charge is 2.27. The van der Waals surface area contributed by atoms with Gasteiger partial charge in [-0.25, -0.2) is 4.98 Å². The van der Waals surface area contributed by atoms with Crippen LogP contribution in [0.25, 0.3) is 10.9 Å². The van der Waals surface area contributed by atoms with Crippen molar-refractivity contribution in [1.82, 2.24) is 25.1 Å². The summed E-state index contributed by atoms with van der Waals surface area (Å²) in [7, 11) is 0. The van der Waals surface area contributed by atoms with Crippen LogP contribution in [-0.4, -0.2) is 50.9 Å². The van der Waals surface area contributed by atoms with Gasteiger partial charge in [0, 0.05) is 24.2 Å². The number of aromatic nitrogens is 4. The van der Waals surface area contributed by atoms with E-state index in [1.807, 2.05) is 0 Å². The maximum Gasteiger partial charge on any atom is 0.392 e. The molecule has 164 valence electrons. The second-order valence-electron chi connectivity index (χ2n) is 6.75. The molecule has 0 saturated carbocycles. The Hall–Kier alpha value is -3.70. The smallest absolute Gasteiger partial charge is 0.392 e. The molecule has 12 heteroatoms. The number of ether oxygens (including phenoxy) is 1. The molecule has 0 spiro atoms. The monoisotopic (exact) mass is 436 g/mol. The van der Waals surface area contributed by atoms with E-state index in [-0.39, 0.29) is 18.1 Å². The second kappa shape index (κ2) is 8.98. The van der Waals surface area contributed by atoms with Gasteiger partial charge in [-0.15, -0.1) is 0 Å². The first-order valence-electron chi connectivity index (χ1n) is 9.16. The SMILES string of the molecule is Cc1cc(Cn2cc3c(C(=O)NCC(N)=O)nccc3n2)cnc1OCCC(F)(F)F. The fourth-order valence-corrected chi connectivity index (χ4v) is 2.82. The van der Waals surface area contributed by atoms with Crippen molar-refractivity contribution >= 4 is 22.7 Å². The van der Waals surface area contributed by atoms with Crippen molar-refractivity contribution in [1.29, 1.82) is 0 Å². The molecule has 0 unspecified atom stereocenters. The molecule has 0 atom stereocenters. The fourth-order valence-electron chi connectivity index (χ4n) is 2.82. The third-order valence-corrected chi connectivity index (χ3v) is 4.18. The second-order valence-corrected chi connectivity index (χ2v) is 6.75. The number of rotatable bonds is 8. The Bertz CT molecular complexity index is 1110. The van der Waals surface area contributed by atoms with Crippen LogP contribution in [0.1, 0.15) is 28.0 Å². The molecule has 2 amide bonds. The van der Waals surface area contributed by atoms with Crippen LogP contribution in [0.5, 0.6) is 5.88 Å². The van der Waals surface area contributed by atoms with Crippen LogP contribution in [0.3, 0.4) is 0 Å². The predicted octanol–water partition coefficient (Wildman–Crippen LogP) is 1.73. The number of nitrogens with one attached hydrogen (secondary N) is 1. The summed E-state index contributed by atoms with van der Waals surface area (Å²) >= 11 is 0. The quantitative estimate of drug-likeness (QED) is 0.554. The molecule has 3 rings (SSSR count). The van der Waals surface area contributed by atoms with E-state index < -0.39 is 31.0 Å². The maximum atomic E-state index is 12.2. The largest absolute Gasteiger partial charge is 0.477 e. The van der Waals surface area contributed by atoms with E-state index in [4.69, 9.17) is 10.5 Å². The van der Waals surface area contributed by atoms with Crippen molar-refractivity contribution < 1.29 is 27.5 Å². The Kier molecular flexibility index (Phi) is 6.37. The van der Waals surface area contributed by atoms with Crippen molar-refractivity contribution in [3.63, 3.8) is 0 Å². The number of nitrogens with two attached hydrogens (primary N) is 1. The van der Waals surface area contributed by atoms with Crippen LogP contribution < -0.4 is 15.8 Å². The Morgan fingerprint density at radius 3 is 2.74 bits per heavy atom. The summed E-state index contributed by atoms with van der Waals surface area (Å²) in [6, 6.07) is 3.37. The number of hydrogen-bond donors (Lipinski definition) is 2. The van der Waals surface area contributed by atoms with E-state index in [9.17, 15) is 22.8 Å². The molecule has 3 aromatic rings. The number of fused-ring (bicyclic) bond motifs is 1. The molecule has 0 aliphatic heterocycles. The average molecular weight is 436 g/mol. The van der Waals surface area contributed by atoms with Crippen molar-refractivity contribution in [2.75, 3.05) is 13.2 Å². The van der Waals surface area contributed by atoms with Crippen LogP contribution in [-0.2, 0) is 11.3 Å². The summed E-state index contributed by atoms with van der Waals surface area (Å²) in [5.41, 5.74) is 6.99. The molecule has 3 heterocycles. The minimum absolute atomic E-state index is 0.104. The zero-order valence-corrected chi connectivity index (χ0v) is 16.4. The van der Waals surface area contributed by atoms with Gasteiger partial charge in [0.1, 0.15) is 5.69 Å². The van der Waals surface area contributed by atoms with E-state index in [2.05, 4.69) is 20.4 Å². The average Bonchev–Trinajstić information content (AvgIpc) is 3.09. The van der Waals surface area contributed by atoms with E-state index in [0.29, 0.717) is 23.0 Å². The molecule has 0 aromatic carbocycles. The van der Waals surface area contributed by atoms with Crippen LogP contribution in [0.15, 0.2) is 30.7 Å². The molecule has 3 N–H and O–H groups in total. The first kappa shape index (κ1) is 22.0. The third kappa shape index (κ3) is 5.90. The van der Waals surface area contributed by atoms with Crippen molar-refractivity contribution in [3.05, 3.63) is 47.5 Å². The molecule has 0 bridgehead atoms. The lowest BCUT2D eigenvalue weighted by molar-refractivity contribution is -0.139. The number of carbonyl (C=O) groups excluding carboxylic acids is 2. The highest BCUT2D eigenvalue weighted by Crippen LogP contribution is 2.22. The van der Waals surface area contributed by atoms with Gasteiger partial charge in [-0.3, -0.25) is 19.3 Å². The first-order valence-corrected chi connectivity index (χ1v) is 9.16. The topological polar surface area (TPSA) is 125 Å². The Morgan fingerprint density at radius 1 is 1.29 bits per heavy atom. The lowest BCUT2D eigenvalue weighted by atomic mass is 10.2. The molecule has 0 aliphatic carbocycles. The molecule has 0 fully saturated rings. The standard InChI is InChI=1S/C19H19F3N6O3/c1-11-6-12(7-26-18(11)31-5-3-19(20,21)22)9-28-10-13-14(27-28)2-4-24-16(13)17(30)25-8-15(23)29/h2,4,6-7,10H,3,5,8-9H2,1H3,(H2,23,29)(H,25,30). The van der Waals surface area contributed by atoms with Crippen LogP contribution >= 0.6 is 0 Å². The van der Waals surface area contributed by atoms with Gasteiger partial charge < -0.3 is 15.8 Å². The molecular weight excluding hydrogens is 417 g/mol. The maximum absolute atomic E-state index is 12.2. The molecule has 3 aromatic heterocycles. The number of nitrogens with zero attached hydrogens (tertiary/aromatic N) is 4. The molecule has 0 radical (unpaired) electrons. The fraction of sp³-hybridized carbons (Fsp3) is 0.316.